The fourth-order valence-electron chi connectivity index (χ4n) is 2.80. The minimum absolute atomic E-state index is 0.0890. The lowest BCUT2D eigenvalue weighted by atomic mass is 10.1. The lowest BCUT2D eigenvalue weighted by Crippen LogP contribution is -2.30. The molecule has 2 aromatic rings. The largest absolute Gasteiger partial charge is 0.490 e. The first kappa shape index (κ1) is 20.0. The number of hydrogen-bond donors (Lipinski definition) is 1. The number of ether oxygens (including phenoxy) is 2. The highest BCUT2D eigenvalue weighted by Crippen LogP contribution is 2.30. The fourth-order valence-corrected chi connectivity index (χ4v) is 2.80. The number of hydrogen-bond acceptors (Lipinski definition) is 4. The van der Waals surface area contributed by atoms with Gasteiger partial charge in [-0.2, -0.15) is 0 Å². The van der Waals surface area contributed by atoms with Crippen LogP contribution in [0.25, 0.3) is 6.08 Å². The molecule has 0 radical (unpaired) electrons. The molecule has 1 aliphatic heterocycles. The lowest BCUT2D eigenvalue weighted by Gasteiger charge is -2.12. The van der Waals surface area contributed by atoms with Crippen molar-refractivity contribution in [2.24, 2.45) is 0 Å². The number of urea groups is 1. The molecule has 1 saturated heterocycles. The first-order valence-corrected chi connectivity index (χ1v) is 8.94. The quantitative estimate of drug-likeness (QED) is 0.444. The summed E-state index contributed by atoms with van der Waals surface area (Å²) in [6, 6.07) is 10.5. The molecule has 0 spiro atoms. The molecular weight excluding hydrogens is 375 g/mol. The minimum Gasteiger partial charge on any atom is -0.490 e. The molecule has 29 heavy (non-hydrogen) atoms. The molecule has 1 N–H and O–H groups in total. The summed E-state index contributed by atoms with van der Waals surface area (Å²) in [6.07, 6.45) is 6.74. The fraction of sp³-hybridized carbons (Fsp3) is 0.182. The molecule has 148 valence electrons. The Morgan fingerprint density at radius 2 is 1.97 bits per heavy atom. The Bertz CT molecular complexity index is 1010. The van der Waals surface area contributed by atoms with E-state index < -0.39 is 17.8 Å². The number of nitrogens with one attached hydrogen (secondary N) is 1. The molecule has 2 aromatic carbocycles. The number of halogens is 1. The van der Waals surface area contributed by atoms with E-state index in [4.69, 9.17) is 15.9 Å². The maximum atomic E-state index is 13.9. The molecular formula is C22H19FN2O4. The summed E-state index contributed by atoms with van der Waals surface area (Å²) in [5.41, 5.74) is 0.967. The smallest absolute Gasteiger partial charge is 0.329 e. The molecule has 1 fully saturated rings. The van der Waals surface area contributed by atoms with Crippen molar-refractivity contribution in [1.29, 1.82) is 0 Å². The predicted octanol–water partition coefficient (Wildman–Crippen LogP) is 3.33. The highest BCUT2D eigenvalue weighted by Gasteiger charge is 2.34. The molecule has 1 aliphatic rings. The second-order valence-corrected chi connectivity index (χ2v) is 6.10. The number of nitrogens with zero attached hydrogens (tertiary/aromatic N) is 1. The molecule has 7 heteroatoms. The van der Waals surface area contributed by atoms with E-state index in [1.807, 2.05) is 6.92 Å². The third-order valence-electron chi connectivity index (χ3n) is 4.14. The van der Waals surface area contributed by atoms with Crippen LogP contribution in [0, 0.1) is 18.2 Å². The average Bonchev–Trinajstić information content (AvgIpc) is 2.96. The second kappa shape index (κ2) is 8.93. The van der Waals surface area contributed by atoms with Crippen LogP contribution < -0.4 is 14.8 Å². The molecule has 0 saturated carbocycles. The Balaban J connectivity index is 1.82. The normalized spacial score (nSPS) is 14.7. The standard InChI is InChI=1S/C22H19FN2O4/c1-3-11-29-19-10-9-15(13-20(19)28-4-2)12-18-21(26)25(22(27)24-18)14-16-7-5-6-8-17(16)23/h1,5-10,12-13H,4,11,14H2,2H3,(H,24,27)/b18-12+. The van der Waals surface area contributed by atoms with Crippen LogP contribution in [0.15, 0.2) is 48.2 Å². The SMILES string of the molecule is C#CCOc1ccc(/C=C2/NC(=O)N(Cc3ccccc3F)C2=O)cc1OCC. The van der Waals surface area contributed by atoms with Gasteiger partial charge in [0.05, 0.1) is 13.2 Å². The van der Waals surface area contributed by atoms with Crippen LogP contribution in [0.4, 0.5) is 9.18 Å². The van der Waals surface area contributed by atoms with Crippen molar-refractivity contribution in [1.82, 2.24) is 10.2 Å². The van der Waals surface area contributed by atoms with Crippen LogP contribution in [0.3, 0.4) is 0 Å². The zero-order valence-corrected chi connectivity index (χ0v) is 15.8. The van der Waals surface area contributed by atoms with Gasteiger partial charge in [-0.1, -0.05) is 30.2 Å². The predicted molar refractivity (Wildman–Crippen MR) is 105 cm³/mol. The van der Waals surface area contributed by atoms with E-state index in [9.17, 15) is 14.0 Å². The van der Waals surface area contributed by atoms with Gasteiger partial charge in [0.1, 0.15) is 18.1 Å². The van der Waals surface area contributed by atoms with Crippen molar-refractivity contribution in [3.63, 3.8) is 0 Å². The van der Waals surface area contributed by atoms with Gasteiger partial charge in [-0.25, -0.2) is 9.18 Å². The third kappa shape index (κ3) is 4.55. The average molecular weight is 394 g/mol. The zero-order valence-electron chi connectivity index (χ0n) is 15.8. The van der Waals surface area contributed by atoms with Gasteiger partial charge in [0.2, 0.25) is 0 Å². The van der Waals surface area contributed by atoms with Crippen molar-refractivity contribution in [2.45, 2.75) is 13.5 Å². The summed E-state index contributed by atoms with van der Waals surface area (Å²) in [5.74, 6) is 2.32. The number of terminal acetylenes is 1. The van der Waals surface area contributed by atoms with Gasteiger partial charge < -0.3 is 14.8 Å². The third-order valence-corrected chi connectivity index (χ3v) is 4.14. The summed E-state index contributed by atoms with van der Waals surface area (Å²) in [7, 11) is 0. The van der Waals surface area contributed by atoms with E-state index in [0.717, 1.165) is 4.90 Å². The topological polar surface area (TPSA) is 67.9 Å². The van der Waals surface area contributed by atoms with E-state index in [2.05, 4.69) is 11.2 Å². The van der Waals surface area contributed by atoms with Crippen LogP contribution in [0.2, 0.25) is 0 Å². The van der Waals surface area contributed by atoms with Gasteiger partial charge in [0.25, 0.3) is 5.91 Å². The van der Waals surface area contributed by atoms with E-state index in [1.54, 1.807) is 30.3 Å². The molecule has 0 aromatic heterocycles. The van der Waals surface area contributed by atoms with Gasteiger partial charge in [-0.15, -0.1) is 6.42 Å². The van der Waals surface area contributed by atoms with E-state index in [-0.39, 0.29) is 24.4 Å². The summed E-state index contributed by atoms with van der Waals surface area (Å²) in [4.78, 5) is 25.8. The number of carbonyl (C=O) groups excluding carboxylic acids is 2. The van der Waals surface area contributed by atoms with Crippen LogP contribution in [-0.2, 0) is 11.3 Å². The first-order valence-electron chi connectivity index (χ1n) is 8.94. The highest BCUT2D eigenvalue weighted by atomic mass is 19.1. The Hall–Kier alpha value is -3.79. The number of imide groups is 1. The van der Waals surface area contributed by atoms with Gasteiger partial charge in [-0.3, -0.25) is 9.69 Å². The van der Waals surface area contributed by atoms with Crippen LogP contribution in [0.5, 0.6) is 11.5 Å². The van der Waals surface area contributed by atoms with E-state index in [0.29, 0.717) is 23.7 Å². The van der Waals surface area contributed by atoms with Gasteiger partial charge in [-0.05, 0) is 36.8 Å². The van der Waals surface area contributed by atoms with Gasteiger partial charge in [0.15, 0.2) is 11.5 Å². The molecule has 3 amide bonds. The number of rotatable bonds is 7. The summed E-state index contributed by atoms with van der Waals surface area (Å²) in [6.45, 7) is 2.19. The number of carbonyl (C=O) groups is 2. The second-order valence-electron chi connectivity index (χ2n) is 6.10. The van der Waals surface area contributed by atoms with Crippen molar-refractivity contribution in [3.8, 4) is 23.8 Å². The summed E-state index contributed by atoms with van der Waals surface area (Å²) in [5, 5.41) is 2.52. The van der Waals surface area contributed by atoms with E-state index in [1.165, 1.54) is 18.2 Å². The Morgan fingerprint density at radius 1 is 1.17 bits per heavy atom. The molecule has 0 atom stereocenters. The van der Waals surface area contributed by atoms with Crippen molar-refractivity contribution < 1.29 is 23.5 Å². The van der Waals surface area contributed by atoms with Crippen LogP contribution in [-0.4, -0.2) is 30.1 Å². The van der Waals surface area contributed by atoms with Crippen molar-refractivity contribution in [2.75, 3.05) is 13.2 Å². The maximum Gasteiger partial charge on any atom is 0.329 e. The molecule has 6 nitrogen and oxygen atoms in total. The van der Waals surface area contributed by atoms with Gasteiger partial charge >= 0.3 is 6.03 Å². The zero-order chi connectivity index (χ0) is 20.8. The molecule has 3 rings (SSSR count). The maximum absolute atomic E-state index is 13.9. The summed E-state index contributed by atoms with van der Waals surface area (Å²) < 4.78 is 24.8. The first-order chi connectivity index (χ1) is 14.0. The Labute approximate surface area is 167 Å². The van der Waals surface area contributed by atoms with Crippen LogP contribution >= 0.6 is 0 Å². The summed E-state index contributed by atoms with van der Waals surface area (Å²) >= 11 is 0. The number of amides is 3. The molecule has 0 bridgehead atoms. The number of benzene rings is 2. The van der Waals surface area contributed by atoms with Gasteiger partial charge in [0, 0.05) is 5.56 Å². The molecule has 1 heterocycles. The van der Waals surface area contributed by atoms with E-state index >= 15 is 0 Å². The lowest BCUT2D eigenvalue weighted by molar-refractivity contribution is -0.123. The Kier molecular flexibility index (Phi) is 6.15. The minimum atomic E-state index is -0.608. The van der Waals surface area contributed by atoms with Crippen LogP contribution in [0.1, 0.15) is 18.1 Å². The monoisotopic (exact) mass is 394 g/mol. The van der Waals surface area contributed by atoms with Crippen molar-refractivity contribution >= 4 is 18.0 Å². The highest BCUT2D eigenvalue weighted by molar-refractivity contribution is 6.13. The Morgan fingerprint density at radius 3 is 2.69 bits per heavy atom. The molecule has 0 aliphatic carbocycles. The molecule has 0 unspecified atom stereocenters. The van der Waals surface area contributed by atoms with Crippen molar-refractivity contribution in [3.05, 3.63) is 65.1 Å².